The van der Waals surface area contributed by atoms with Gasteiger partial charge in [0, 0.05) is 30.1 Å². The van der Waals surface area contributed by atoms with Crippen LogP contribution < -0.4 is 25.6 Å². The minimum Gasteiger partial charge on any atom is -0.413 e. The monoisotopic (exact) mass is 674 g/mol. The third-order valence-electron chi connectivity index (χ3n) is 8.34. The molecule has 1 atom stereocenters. The van der Waals surface area contributed by atoms with Crippen LogP contribution in [0, 0.1) is 13.8 Å². The van der Waals surface area contributed by atoms with Crippen LogP contribution in [0.2, 0.25) is 19.6 Å². The summed E-state index contributed by atoms with van der Waals surface area (Å²) in [5, 5.41) is 2.35. The molecule has 4 aromatic rings. The number of imidazole rings is 1. The molecule has 0 saturated carbocycles. The van der Waals surface area contributed by atoms with Crippen molar-refractivity contribution in [1.29, 1.82) is 0 Å². The summed E-state index contributed by atoms with van der Waals surface area (Å²) in [4.78, 5) is 4.27. The first-order chi connectivity index (χ1) is 21.6. The zero-order valence-corrected chi connectivity index (χ0v) is 33.4. The number of benzene rings is 3. The molecule has 8 heteroatoms. The Morgan fingerprint density at radius 3 is 1.57 bits per heavy atom. The van der Waals surface area contributed by atoms with Gasteiger partial charge in [-0.05, 0) is 70.3 Å². The summed E-state index contributed by atoms with van der Waals surface area (Å²) >= 11 is 0. The fourth-order valence-electron chi connectivity index (χ4n) is 6.37. The SMILES string of the molecule is Cc1c(C)[n+](C(C)C)c([Si@@](Nc2c(C(C)C)cccc2C(C)C)(OP(c2ccccc2)c2ccccc2)O[Si](C)(C)C)n1C(C)C. The van der Waals surface area contributed by atoms with E-state index in [0.717, 1.165) is 11.1 Å². The lowest BCUT2D eigenvalue weighted by atomic mass is 9.93. The molecule has 0 aliphatic heterocycles. The largest absolute Gasteiger partial charge is 0.577 e. The third kappa shape index (κ3) is 7.77. The highest BCUT2D eigenvalue weighted by Crippen LogP contribution is 2.42. The van der Waals surface area contributed by atoms with Crippen molar-refractivity contribution in [2.24, 2.45) is 0 Å². The van der Waals surface area contributed by atoms with E-state index in [0.29, 0.717) is 11.8 Å². The summed E-state index contributed by atoms with van der Waals surface area (Å²) in [6, 6.07) is 28.7. The van der Waals surface area contributed by atoms with Crippen molar-refractivity contribution >= 4 is 46.9 Å². The van der Waals surface area contributed by atoms with Crippen molar-refractivity contribution in [3.63, 3.8) is 0 Å². The topological polar surface area (TPSA) is 39.3 Å². The van der Waals surface area contributed by atoms with Crippen LogP contribution in [0.15, 0.2) is 78.9 Å². The van der Waals surface area contributed by atoms with Crippen LogP contribution in [0.25, 0.3) is 0 Å². The van der Waals surface area contributed by atoms with Crippen molar-refractivity contribution < 1.29 is 12.9 Å². The molecule has 46 heavy (non-hydrogen) atoms. The number of hydrogen-bond donors (Lipinski definition) is 1. The van der Waals surface area contributed by atoms with Crippen molar-refractivity contribution in [2.45, 2.75) is 113 Å². The molecular formula is C38H57N3O2PSi2+. The van der Waals surface area contributed by atoms with Gasteiger partial charge in [0.15, 0.2) is 8.32 Å². The Labute approximate surface area is 282 Å². The molecule has 5 nitrogen and oxygen atoms in total. The quantitative estimate of drug-likeness (QED) is 0.0875. The molecule has 0 fully saturated rings. The number of aromatic nitrogens is 2. The lowest BCUT2D eigenvalue weighted by Gasteiger charge is -2.39. The summed E-state index contributed by atoms with van der Waals surface area (Å²) in [6.45, 7) is 29.7. The molecule has 0 amide bonds. The van der Waals surface area contributed by atoms with Crippen molar-refractivity contribution in [3.8, 4) is 0 Å². The predicted molar refractivity (Wildman–Crippen MR) is 203 cm³/mol. The van der Waals surface area contributed by atoms with E-state index in [1.54, 1.807) is 0 Å². The van der Waals surface area contributed by atoms with E-state index in [2.05, 4.69) is 182 Å². The first kappa shape index (κ1) is 36.3. The summed E-state index contributed by atoms with van der Waals surface area (Å²) in [7, 11) is -7.10. The standard InChI is InChI=1S/C38H57N3O2PSi2/c1-27(2)35-25-20-26-36(28(3)4)37(35)39-46(43-45(11,12)13,38-40(29(5)6)31(9)32(10)41(38)30(7)8)42-44(33-21-16-14-17-22-33)34-23-18-15-19-24-34/h14-30,39H,1-13H3/q+1/t46-/m1/s1. The Kier molecular flexibility index (Phi) is 11.6. The molecular weight excluding hydrogens is 618 g/mol. The molecule has 0 spiro atoms. The zero-order chi connectivity index (χ0) is 34.0. The Morgan fingerprint density at radius 1 is 0.696 bits per heavy atom. The molecule has 1 heterocycles. The van der Waals surface area contributed by atoms with Crippen LogP contribution in [0.1, 0.15) is 102 Å². The Hall–Kier alpha value is -2.55. The molecule has 1 N–H and O–H groups in total. The number of rotatable bonds is 13. The van der Waals surface area contributed by atoms with E-state index in [1.165, 1.54) is 33.1 Å². The van der Waals surface area contributed by atoms with Gasteiger partial charge in [-0.15, -0.1) is 0 Å². The molecule has 0 bridgehead atoms. The van der Waals surface area contributed by atoms with Crippen LogP contribution in [-0.4, -0.2) is 21.6 Å². The van der Waals surface area contributed by atoms with E-state index in [1.807, 2.05) is 0 Å². The molecule has 0 aliphatic rings. The fourth-order valence-corrected chi connectivity index (χ4v) is 16.7. The molecule has 1 aromatic heterocycles. The number of anilines is 1. The highest BCUT2D eigenvalue weighted by molar-refractivity contribution is 7.69. The average Bonchev–Trinajstić information content (AvgIpc) is 3.26. The smallest absolute Gasteiger partial charge is 0.413 e. The van der Waals surface area contributed by atoms with Crippen LogP contribution in [0.5, 0.6) is 0 Å². The highest BCUT2D eigenvalue weighted by Gasteiger charge is 2.59. The van der Waals surface area contributed by atoms with Gasteiger partial charge in [0.2, 0.25) is 0 Å². The lowest BCUT2D eigenvalue weighted by Crippen LogP contribution is -2.75. The summed E-state index contributed by atoms with van der Waals surface area (Å²) < 4.78 is 20.7. The molecule has 0 saturated heterocycles. The number of hydrogen-bond acceptors (Lipinski definition) is 3. The summed E-state index contributed by atoms with van der Waals surface area (Å²) in [5.74, 6) is 0.643. The van der Waals surface area contributed by atoms with Gasteiger partial charge in [-0.1, -0.05) is 107 Å². The predicted octanol–water partition coefficient (Wildman–Crippen LogP) is 8.98. The normalized spacial score (nSPS) is 13.8. The van der Waals surface area contributed by atoms with Gasteiger partial charge in [0.1, 0.15) is 11.4 Å². The molecule has 0 unspecified atom stereocenters. The van der Waals surface area contributed by atoms with Gasteiger partial charge in [0.25, 0.3) is 0 Å². The van der Waals surface area contributed by atoms with E-state index in [9.17, 15) is 0 Å². The van der Waals surface area contributed by atoms with Crippen molar-refractivity contribution in [1.82, 2.24) is 4.57 Å². The maximum Gasteiger partial charge on any atom is 0.577 e. The number of nitrogens with zero attached hydrogens (tertiary/aromatic N) is 2. The average molecular weight is 675 g/mol. The first-order valence-electron chi connectivity index (χ1n) is 16.9. The van der Waals surface area contributed by atoms with Gasteiger partial charge in [-0.3, -0.25) is 0 Å². The second kappa shape index (κ2) is 14.7. The van der Waals surface area contributed by atoms with E-state index < -0.39 is 25.2 Å². The van der Waals surface area contributed by atoms with Gasteiger partial charge < -0.3 is 13.3 Å². The van der Waals surface area contributed by atoms with Gasteiger partial charge in [-0.25, -0.2) is 9.13 Å². The molecule has 0 radical (unpaired) electrons. The zero-order valence-electron chi connectivity index (χ0n) is 30.5. The number of nitrogens with one attached hydrogen (secondary N) is 1. The maximum absolute atomic E-state index is 7.96. The third-order valence-corrected chi connectivity index (χ3v) is 16.9. The van der Waals surface area contributed by atoms with E-state index >= 15 is 0 Å². The van der Waals surface area contributed by atoms with E-state index in [-0.39, 0.29) is 12.1 Å². The van der Waals surface area contributed by atoms with Crippen molar-refractivity contribution in [3.05, 3.63) is 101 Å². The van der Waals surface area contributed by atoms with Gasteiger partial charge in [0.05, 0.1) is 20.2 Å². The lowest BCUT2D eigenvalue weighted by molar-refractivity contribution is -0.705. The second-order valence-corrected chi connectivity index (χ2v) is 23.9. The van der Waals surface area contributed by atoms with Crippen molar-refractivity contribution in [2.75, 3.05) is 4.98 Å². The molecule has 4 rings (SSSR count). The Bertz CT molecular complexity index is 1500. The fraction of sp³-hybridized carbons (Fsp3) is 0.447. The summed E-state index contributed by atoms with van der Waals surface area (Å²) in [5.41, 5.74) is 7.40. The van der Waals surface area contributed by atoms with E-state index in [4.69, 9.17) is 8.33 Å². The molecule has 3 aromatic carbocycles. The summed E-state index contributed by atoms with van der Waals surface area (Å²) in [6.07, 6.45) is 0. The first-order valence-corrected chi connectivity index (χ1v) is 23.4. The minimum atomic E-state index is -3.59. The Balaban J connectivity index is 2.20. The van der Waals surface area contributed by atoms with Gasteiger partial charge >= 0.3 is 14.2 Å². The Morgan fingerprint density at radius 2 is 1.17 bits per heavy atom. The highest BCUT2D eigenvalue weighted by atomic mass is 31.1. The number of para-hydroxylation sites is 1. The second-order valence-electron chi connectivity index (χ2n) is 14.6. The maximum atomic E-state index is 7.96. The van der Waals surface area contributed by atoms with Gasteiger partial charge in [-0.2, -0.15) is 0 Å². The van der Waals surface area contributed by atoms with Crippen LogP contribution in [-0.2, 0) is 8.33 Å². The molecule has 248 valence electrons. The van der Waals surface area contributed by atoms with Crippen LogP contribution in [0.4, 0.5) is 5.69 Å². The van der Waals surface area contributed by atoms with Crippen LogP contribution in [0.3, 0.4) is 0 Å². The molecule has 0 aliphatic carbocycles. The minimum absolute atomic E-state index is 0.209. The van der Waals surface area contributed by atoms with Crippen LogP contribution >= 0.6 is 8.15 Å².